The molecule has 2 fully saturated rings. The average Bonchev–Trinajstić information content (AvgIpc) is 1.67. The lowest BCUT2D eigenvalue weighted by atomic mass is 9.81. The number of carbonyl (C=O) groups excluding carboxylic acids is 4. The van der Waals surface area contributed by atoms with Crippen molar-refractivity contribution in [1.82, 2.24) is 28.6 Å². The predicted molar refractivity (Wildman–Crippen MR) is 386 cm³/mol. The summed E-state index contributed by atoms with van der Waals surface area (Å²) < 4.78 is 80.8. The van der Waals surface area contributed by atoms with Gasteiger partial charge in [0, 0.05) is 91.4 Å². The summed E-state index contributed by atoms with van der Waals surface area (Å²) in [5.74, 6) is 1.25. The Kier molecular flexibility index (Phi) is 26.7. The number of nitrogens with one attached hydrogen (secondary N) is 1. The Bertz CT molecular complexity index is 4120. The Balaban J connectivity index is 0.000000256. The highest BCUT2D eigenvalue weighted by molar-refractivity contribution is 7.87. The van der Waals surface area contributed by atoms with Gasteiger partial charge in [-0.25, -0.2) is 25.0 Å². The largest absolute Gasteiger partial charge is 0.497 e. The molecule has 2 amide bonds. The Hall–Kier alpha value is -7.46. The van der Waals surface area contributed by atoms with Gasteiger partial charge in [-0.05, 0) is 181 Å². The lowest BCUT2D eigenvalue weighted by Crippen LogP contribution is -2.36. The number of ether oxygens (including phenoxy) is 6. The molecule has 23 nitrogen and oxygen atoms in total. The molecule has 4 aliphatic rings. The molecule has 4 heterocycles. The highest BCUT2D eigenvalue weighted by Gasteiger charge is 2.34. The topological polar surface area (TPSA) is 302 Å². The van der Waals surface area contributed by atoms with Crippen molar-refractivity contribution in [3.05, 3.63) is 117 Å². The van der Waals surface area contributed by atoms with Crippen LogP contribution in [0.2, 0.25) is 0 Å². The molecular formula is C73H103N9O14S2. The monoisotopic (exact) mass is 1390 g/mol. The summed E-state index contributed by atoms with van der Waals surface area (Å²) in [4.78, 5) is 57.9. The number of hydrogen-bond donors (Lipinski definition) is 4. The van der Waals surface area contributed by atoms with Crippen LogP contribution in [0, 0.1) is 0 Å². The number of likely N-dealkylation sites (N-methyl/N-ethyl adjacent to an activating group) is 4. The number of carbonyl (C=O) groups is 4. The van der Waals surface area contributed by atoms with Crippen LogP contribution in [-0.4, -0.2) is 170 Å². The zero-order valence-electron chi connectivity index (χ0n) is 58.4. The SMILES string of the molecule is C.CNCCOCCN(C)C(=O)C1=Cc2cc(OC)ccc2-c2c(C3CCCCC3)c3ccc(C(=O)OC(C)(C)C)cc3n2C1.COc1ccc2c(c1)C=C(C(=O)N(C)CCOCCN(C)S(N)(=O)=O)Cn1c-2c(C2CCCCC2)c2ccc(C(=O)OC(C)(C)C)cc21.NS(N)(=O)=O. The Morgan fingerprint density at radius 1 is 0.551 bits per heavy atom. The van der Waals surface area contributed by atoms with Crippen LogP contribution in [-0.2, 0) is 62.0 Å². The minimum atomic E-state index is -3.78. The average molecular weight is 1390 g/mol. The molecule has 25 heteroatoms. The number of rotatable bonds is 21. The van der Waals surface area contributed by atoms with Crippen LogP contribution in [0.25, 0.3) is 56.5 Å². The molecule has 0 spiro atoms. The lowest BCUT2D eigenvalue weighted by molar-refractivity contribution is -0.127. The minimum absolute atomic E-state index is 0. The van der Waals surface area contributed by atoms with E-state index < -0.39 is 31.6 Å². The van der Waals surface area contributed by atoms with Gasteiger partial charge in [-0.3, -0.25) is 9.59 Å². The van der Waals surface area contributed by atoms with Gasteiger partial charge < -0.3 is 52.7 Å². The first-order chi connectivity index (χ1) is 45.8. The van der Waals surface area contributed by atoms with E-state index in [9.17, 15) is 36.0 Å². The Morgan fingerprint density at radius 2 is 0.929 bits per heavy atom. The Morgan fingerprint density at radius 3 is 1.29 bits per heavy atom. The second-order valence-electron chi connectivity index (χ2n) is 27.3. The van der Waals surface area contributed by atoms with E-state index in [0.29, 0.717) is 79.3 Å². The molecule has 4 aromatic carbocycles. The zero-order chi connectivity index (χ0) is 70.7. The molecule has 10 rings (SSSR count). The van der Waals surface area contributed by atoms with Gasteiger partial charge in [-0.1, -0.05) is 58.1 Å². The summed E-state index contributed by atoms with van der Waals surface area (Å²) in [6.45, 7) is 15.0. The number of nitrogens with zero attached hydrogens (tertiary/aromatic N) is 5. The van der Waals surface area contributed by atoms with Gasteiger partial charge >= 0.3 is 11.9 Å². The van der Waals surface area contributed by atoms with Crippen LogP contribution in [0.3, 0.4) is 0 Å². The first-order valence-electron chi connectivity index (χ1n) is 33.2. The highest BCUT2D eigenvalue weighted by Crippen LogP contribution is 2.49. The van der Waals surface area contributed by atoms with Crippen molar-refractivity contribution < 1.29 is 64.4 Å². The van der Waals surface area contributed by atoms with Crippen molar-refractivity contribution in [3.8, 4) is 34.0 Å². The van der Waals surface area contributed by atoms with Crippen molar-refractivity contribution >= 4 is 78.1 Å². The fourth-order valence-electron chi connectivity index (χ4n) is 13.1. The third-order valence-corrected chi connectivity index (χ3v) is 18.8. The van der Waals surface area contributed by atoms with Gasteiger partial charge in [-0.2, -0.15) is 21.1 Å². The molecular weight excluding hydrogens is 1290 g/mol. The van der Waals surface area contributed by atoms with E-state index in [1.807, 2.05) is 122 Å². The summed E-state index contributed by atoms with van der Waals surface area (Å²) in [6.07, 6.45) is 15.6. The van der Waals surface area contributed by atoms with Crippen LogP contribution in [0.4, 0.5) is 0 Å². The molecule has 0 bridgehead atoms. The van der Waals surface area contributed by atoms with Crippen molar-refractivity contribution in [2.24, 2.45) is 15.4 Å². The summed E-state index contributed by atoms with van der Waals surface area (Å²) >= 11 is 0. The first-order valence-corrected chi connectivity index (χ1v) is 36.3. The summed E-state index contributed by atoms with van der Waals surface area (Å²) in [7, 11) is 2.67. The second-order valence-corrected chi connectivity index (χ2v) is 30.1. The smallest absolute Gasteiger partial charge is 0.338 e. The molecule has 2 aliphatic heterocycles. The van der Waals surface area contributed by atoms with Crippen LogP contribution >= 0.6 is 0 Å². The molecule has 6 aromatic rings. The number of hydrogen-bond acceptors (Lipinski definition) is 15. The number of esters is 2. The van der Waals surface area contributed by atoms with E-state index in [1.54, 1.807) is 31.1 Å². The van der Waals surface area contributed by atoms with Gasteiger partial charge in [0.15, 0.2) is 0 Å². The third-order valence-electron chi connectivity index (χ3n) is 17.7. The molecule has 98 heavy (non-hydrogen) atoms. The number of fused-ring (bicyclic) bond motifs is 10. The van der Waals surface area contributed by atoms with Gasteiger partial charge in [0.05, 0.1) is 76.3 Å². The van der Waals surface area contributed by atoms with E-state index in [1.165, 1.54) is 43.9 Å². The first kappa shape index (κ1) is 77.9. The van der Waals surface area contributed by atoms with E-state index in [4.69, 9.17) is 33.6 Å². The third kappa shape index (κ3) is 20.1. The maximum atomic E-state index is 14.1. The molecule has 2 saturated carbocycles. The minimum Gasteiger partial charge on any atom is -0.497 e. The summed E-state index contributed by atoms with van der Waals surface area (Å²) in [5.41, 5.74) is 11.5. The lowest BCUT2D eigenvalue weighted by Gasteiger charge is -2.24. The number of amides is 2. The maximum Gasteiger partial charge on any atom is 0.338 e. The molecule has 0 atom stereocenters. The number of benzene rings is 4. The van der Waals surface area contributed by atoms with E-state index in [0.717, 1.165) is 111 Å². The van der Waals surface area contributed by atoms with Crippen molar-refractivity contribution in [2.75, 3.05) is 95.0 Å². The summed E-state index contributed by atoms with van der Waals surface area (Å²) in [6, 6.07) is 23.9. The molecule has 2 aromatic heterocycles. The maximum absolute atomic E-state index is 14.1. The van der Waals surface area contributed by atoms with E-state index >= 15 is 0 Å². The number of aromatic nitrogens is 2. The molecule has 7 N–H and O–H groups in total. The van der Waals surface area contributed by atoms with Crippen LogP contribution in [0.5, 0.6) is 11.5 Å². The fraction of sp³-hybridized carbons (Fsp3) is 0.507. The fourth-order valence-corrected chi connectivity index (χ4v) is 13.4. The number of methoxy groups -OCH3 is 2. The van der Waals surface area contributed by atoms with E-state index in [2.05, 4.69) is 42.9 Å². The molecule has 0 unspecified atom stereocenters. The molecule has 536 valence electrons. The van der Waals surface area contributed by atoms with Crippen molar-refractivity contribution in [1.29, 1.82) is 0 Å². The van der Waals surface area contributed by atoms with Crippen LogP contribution in [0.1, 0.15) is 168 Å². The second kappa shape index (κ2) is 33.6. The molecule has 2 aliphatic carbocycles. The summed E-state index contributed by atoms with van der Waals surface area (Å²) in [5, 5.41) is 18.6. The van der Waals surface area contributed by atoms with Gasteiger partial charge in [0.25, 0.3) is 32.2 Å². The van der Waals surface area contributed by atoms with Crippen molar-refractivity contribution in [3.63, 3.8) is 0 Å². The van der Waals surface area contributed by atoms with Crippen molar-refractivity contribution in [2.45, 2.75) is 149 Å². The Labute approximate surface area is 579 Å². The van der Waals surface area contributed by atoms with Gasteiger partial charge in [0.1, 0.15) is 22.7 Å². The van der Waals surface area contributed by atoms with E-state index in [-0.39, 0.29) is 50.9 Å². The predicted octanol–water partition coefficient (Wildman–Crippen LogP) is 10.5. The van der Waals surface area contributed by atoms with Crippen LogP contribution < -0.4 is 30.2 Å². The quantitative estimate of drug-likeness (QED) is 0.0385. The number of nitrogens with two attached hydrogens (primary N) is 3. The zero-order valence-corrected chi connectivity index (χ0v) is 60.0. The van der Waals surface area contributed by atoms with Crippen LogP contribution in [0.15, 0.2) is 83.9 Å². The standard InChI is InChI=1S/C36H48N4O7S.C36H47N3O5.CH4.H4N2O2S/c1-36(2,3)47-35(42)25-12-14-30-31(22-25)40-23-27(34(41)38(4)16-18-46-19-17-39(5)48(37,43)44)20-26-21-28(45-6)13-15-29(26)33(40)32(30)24-10-8-7-9-11-24;1-36(2,3)44-35(41)25-12-14-30-31(22-25)39-23-27(34(40)38(5)17-19-43-18-16-37-4)20-26-21-28(42-6)13-15-29(26)33(39)32(30)24-10-8-7-9-11-24;;1-5(2,3)4/h12-15,20-22,24H,7-11,16-19,23H2,1-6H3,(H2,37,43,44);12-15,20-22,24,37H,7-11,16-19,23H2,1-6H3;1H4;(H4,1,2,3,4). The molecule has 0 radical (unpaired) electrons. The van der Waals surface area contributed by atoms with Gasteiger partial charge in [0.2, 0.25) is 0 Å². The normalized spacial score (nSPS) is 15.0. The highest BCUT2D eigenvalue weighted by atomic mass is 32.2. The van der Waals surface area contributed by atoms with Gasteiger partial charge in [-0.15, -0.1) is 0 Å². The molecule has 0 saturated heterocycles.